The minimum absolute atomic E-state index is 0.00286. The van der Waals surface area contributed by atoms with Crippen LogP contribution in [0.3, 0.4) is 0 Å². The third-order valence-corrected chi connectivity index (χ3v) is 8.79. The highest BCUT2D eigenvalue weighted by molar-refractivity contribution is 6.30. The first kappa shape index (κ1) is 44.4. The van der Waals surface area contributed by atoms with Crippen LogP contribution in [-0.2, 0) is 24.0 Å². The molecule has 0 saturated heterocycles. The monoisotopic (exact) mass is 788 g/mol. The maximum Gasteiger partial charge on any atom is 0.333 e. The van der Waals surface area contributed by atoms with Gasteiger partial charge in [0, 0.05) is 29.9 Å². The van der Waals surface area contributed by atoms with E-state index in [-0.39, 0.29) is 61.9 Å². The van der Waals surface area contributed by atoms with E-state index in [1.54, 1.807) is 48.6 Å². The van der Waals surface area contributed by atoms with Crippen molar-refractivity contribution in [3.63, 3.8) is 0 Å². The van der Waals surface area contributed by atoms with Gasteiger partial charge in [-0.15, -0.1) is 10.1 Å². The van der Waals surface area contributed by atoms with Gasteiger partial charge in [0.25, 0.3) is 5.09 Å². The van der Waals surface area contributed by atoms with Gasteiger partial charge in [-0.3, -0.25) is 4.79 Å². The van der Waals surface area contributed by atoms with E-state index in [4.69, 9.17) is 30.5 Å². The Morgan fingerprint density at radius 3 is 2.58 bits per heavy atom. The van der Waals surface area contributed by atoms with Crippen LogP contribution in [0.2, 0.25) is 5.02 Å². The third-order valence-electron chi connectivity index (χ3n) is 8.56. The molecule has 2 aromatic carbocycles. The topological polar surface area (TPSA) is 213 Å². The number of aliphatic hydroxyl groups excluding tert-OH is 3. The van der Waals surface area contributed by atoms with E-state index in [0.29, 0.717) is 48.4 Å². The number of ether oxygens (including phenoxy) is 4. The zero-order valence-corrected chi connectivity index (χ0v) is 31.5. The highest BCUT2D eigenvalue weighted by Gasteiger charge is 2.39. The second-order valence-electron chi connectivity index (χ2n) is 12.8. The van der Waals surface area contributed by atoms with Crippen molar-refractivity contribution in [2.45, 2.75) is 76.2 Å². The Bertz CT molecular complexity index is 1650. The zero-order chi connectivity index (χ0) is 40.2. The van der Waals surface area contributed by atoms with Crippen LogP contribution in [0.5, 0.6) is 17.2 Å². The summed E-state index contributed by atoms with van der Waals surface area (Å²) in [5.74, 6) is -1.38. The number of esters is 2. The summed E-state index contributed by atoms with van der Waals surface area (Å²) in [4.78, 5) is 51.5. The fourth-order valence-corrected chi connectivity index (χ4v) is 5.86. The van der Waals surface area contributed by atoms with Gasteiger partial charge in [0.05, 0.1) is 32.5 Å². The number of halogens is 1. The van der Waals surface area contributed by atoms with Gasteiger partial charge in [-0.1, -0.05) is 48.0 Å². The largest absolute Gasteiger partial charge is 0.493 e. The molecule has 0 heterocycles. The minimum Gasteiger partial charge on any atom is -0.493 e. The number of benzene rings is 2. The summed E-state index contributed by atoms with van der Waals surface area (Å²) in [5.41, 5.74) is 0.559. The molecule has 55 heavy (non-hydrogen) atoms. The fourth-order valence-electron chi connectivity index (χ4n) is 5.68. The number of rotatable bonds is 23. The van der Waals surface area contributed by atoms with Crippen molar-refractivity contribution in [3.8, 4) is 17.2 Å². The average Bonchev–Trinajstić information content (AvgIpc) is 3.42. The van der Waals surface area contributed by atoms with Crippen LogP contribution in [0.4, 0.5) is 0 Å². The van der Waals surface area contributed by atoms with Crippen molar-refractivity contribution in [1.82, 2.24) is 5.32 Å². The van der Waals surface area contributed by atoms with E-state index in [0.717, 1.165) is 0 Å². The maximum absolute atomic E-state index is 12.7. The molecule has 6 atom stereocenters. The first-order valence-corrected chi connectivity index (χ1v) is 18.3. The Morgan fingerprint density at radius 1 is 1.05 bits per heavy atom. The van der Waals surface area contributed by atoms with E-state index in [1.807, 2.05) is 12.2 Å². The number of nitrogens with one attached hydrogen (secondary N) is 1. The van der Waals surface area contributed by atoms with Crippen molar-refractivity contribution in [2.24, 2.45) is 11.8 Å². The molecule has 300 valence electrons. The lowest BCUT2D eigenvalue weighted by atomic mass is 9.89. The van der Waals surface area contributed by atoms with Crippen LogP contribution < -0.4 is 19.5 Å². The van der Waals surface area contributed by atoms with Gasteiger partial charge in [0.15, 0.2) is 11.5 Å². The van der Waals surface area contributed by atoms with Crippen LogP contribution >= 0.6 is 11.6 Å². The Labute approximate surface area is 324 Å². The maximum atomic E-state index is 12.7. The van der Waals surface area contributed by atoms with E-state index in [9.17, 15) is 39.8 Å². The number of allylic oxidation sites excluding steroid dienone is 2. The van der Waals surface area contributed by atoms with Crippen molar-refractivity contribution in [1.29, 1.82) is 0 Å². The molecular formula is C39H49ClN2O13. The van der Waals surface area contributed by atoms with Gasteiger partial charge in [-0.2, -0.15) is 0 Å². The first-order chi connectivity index (χ1) is 26.4. The van der Waals surface area contributed by atoms with Gasteiger partial charge < -0.3 is 44.4 Å². The van der Waals surface area contributed by atoms with Gasteiger partial charge in [-0.25, -0.2) is 9.59 Å². The van der Waals surface area contributed by atoms with Crippen LogP contribution in [0.25, 0.3) is 6.08 Å². The summed E-state index contributed by atoms with van der Waals surface area (Å²) in [6, 6.07) is 10.5. The summed E-state index contributed by atoms with van der Waals surface area (Å²) in [6.45, 7) is 1.50. The summed E-state index contributed by atoms with van der Waals surface area (Å²) in [5, 5.41) is 43.8. The molecule has 1 unspecified atom stereocenters. The van der Waals surface area contributed by atoms with E-state index < -0.39 is 41.4 Å². The van der Waals surface area contributed by atoms with Crippen LogP contribution in [0, 0.1) is 22.0 Å². The number of carbonyl (C=O) groups excluding carboxylic acids is 3. The molecule has 0 spiro atoms. The number of methoxy groups -OCH3 is 1. The molecule has 1 aliphatic carbocycles. The van der Waals surface area contributed by atoms with Crippen molar-refractivity contribution in [2.75, 3.05) is 26.9 Å². The van der Waals surface area contributed by atoms with Gasteiger partial charge in [0.1, 0.15) is 24.5 Å². The third kappa shape index (κ3) is 16.5. The lowest BCUT2D eigenvalue weighted by Crippen LogP contribution is -2.40. The summed E-state index contributed by atoms with van der Waals surface area (Å²) < 4.78 is 21.4. The molecule has 1 amide bonds. The van der Waals surface area contributed by atoms with Crippen LogP contribution in [0.15, 0.2) is 72.8 Å². The molecule has 0 radical (unpaired) electrons. The minimum atomic E-state index is -0.949. The van der Waals surface area contributed by atoms with Crippen LogP contribution in [0.1, 0.15) is 57.4 Å². The number of amides is 1. The lowest BCUT2D eigenvalue weighted by Gasteiger charge is -2.19. The van der Waals surface area contributed by atoms with E-state index in [1.165, 1.54) is 32.3 Å². The Balaban J connectivity index is 1.36. The van der Waals surface area contributed by atoms with Gasteiger partial charge >= 0.3 is 11.9 Å². The normalized spacial score (nSPS) is 19.3. The molecule has 4 N–H and O–H groups in total. The Hall–Kier alpha value is -4.96. The zero-order valence-electron chi connectivity index (χ0n) is 30.8. The second-order valence-corrected chi connectivity index (χ2v) is 13.3. The summed E-state index contributed by atoms with van der Waals surface area (Å²) in [7, 11) is 1.39. The molecule has 15 nitrogen and oxygen atoms in total. The first-order valence-electron chi connectivity index (χ1n) is 17.9. The predicted octanol–water partition coefficient (Wildman–Crippen LogP) is 4.77. The Kier molecular flexibility index (Phi) is 19.2. The number of aliphatic hydroxyl groups is 3. The lowest BCUT2D eigenvalue weighted by molar-refractivity contribution is -0.757. The summed E-state index contributed by atoms with van der Waals surface area (Å²) in [6.07, 6.45) is 10.2. The van der Waals surface area contributed by atoms with E-state index in [2.05, 4.69) is 10.2 Å². The van der Waals surface area contributed by atoms with Crippen molar-refractivity contribution in [3.05, 3.63) is 93.5 Å². The standard InChI is InChI=1S/C39H49ClN2O13/c1-26(39(48)55-35-18-14-27(22-36(35)51-2)15-19-38(47)52-20-7-8-21-54-42(49)50)41-37(46)13-6-4-3-5-12-31-32(34(45)24-33(31)44)17-16-29(43)25-53-30-11-9-10-28(40)23-30/h3,5,9-11,14-19,22-23,26,29,31-34,43-45H,4,6-8,12-13,20-21,24-25H2,1-2H3,(H,41,46)/b5-3-,17-16+,19-15+/t26?,29-,31-,32-,33+,34-/m1/s1. The molecule has 0 aromatic heterocycles. The smallest absolute Gasteiger partial charge is 0.333 e. The highest BCUT2D eigenvalue weighted by atomic mass is 35.5. The molecule has 16 heteroatoms. The van der Waals surface area contributed by atoms with Crippen molar-refractivity contribution >= 4 is 35.5 Å². The number of unbranched alkanes of at least 4 members (excludes halogenated alkanes) is 2. The summed E-state index contributed by atoms with van der Waals surface area (Å²) >= 11 is 5.96. The SMILES string of the molecule is COc1cc(/C=C/C(=O)OCCCCO[N+](=O)[O-])ccc1OC(=O)C(C)NC(=O)CCC/C=C\C[C@@H]1[C@@H](/C=C/[C@@H](O)COc2cccc(Cl)c2)[C@H](O)C[C@@H]1O. The van der Waals surface area contributed by atoms with E-state index >= 15 is 0 Å². The molecular weight excluding hydrogens is 740 g/mol. The predicted molar refractivity (Wildman–Crippen MR) is 202 cm³/mol. The highest BCUT2D eigenvalue weighted by Crippen LogP contribution is 2.36. The second kappa shape index (κ2) is 23.7. The van der Waals surface area contributed by atoms with Gasteiger partial charge in [-0.05, 0) is 86.9 Å². The van der Waals surface area contributed by atoms with Gasteiger partial charge in [0.2, 0.25) is 5.91 Å². The molecule has 0 aliphatic heterocycles. The van der Waals surface area contributed by atoms with Crippen molar-refractivity contribution < 1.29 is 58.6 Å². The molecule has 2 aromatic rings. The number of hydrogen-bond donors (Lipinski definition) is 4. The number of carbonyl (C=O) groups is 3. The molecule has 1 aliphatic rings. The number of hydrogen-bond acceptors (Lipinski definition) is 13. The molecule has 0 bridgehead atoms. The molecule has 1 saturated carbocycles. The Morgan fingerprint density at radius 2 is 1.84 bits per heavy atom. The number of nitrogens with zero attached hydrogens (tertiary/aromatic N) is 1. The fraction of sp³-hybridized carbons (Fsp3) is 0.462. The van der Waals surface area contributed by atoms with Crippen LogP contribution in [-0.4, -0.2) is 89.5 Å². The molecule has 3 rings (SSSR count). The quantitative estimate of drug-likeness (QED) is 0.0228. The average molecular weight is 789 g/mol. The molecule has 1 fully saturated rings.